The average Bonchev–Trinajstić information content (AvgIpc) is 4.03. The van der Waals surface area contributed by atoms with Gasteiger partial charge in [0.2, 0.25) is 29.4 Å². The third kappa shape index (κ3) is 11.6. The molecule has 2 aliphatic rings. The molecule has 6 rings (SSSR count). The molecule has 14 nitrogen and oxygen atoms in total. The molecule has 3 heterocycles. The van der Waals surface area contributed by atoms with Crippen molar-refractivity contribution >= 4 is 40.4 Å². The summed E-state index contributed by atoms with van der Waals surface area (Å²) >= 11 is 0. The smallest absolute Gasteiger partial charge is 0.374 e. The van der Waals surface area contributed by atoms with Crippen LogP contribution in [-0.4, -0.2) is 87.9 Å². The third-order valence-electron chi connectivity index (χ3n) is 11.3. The molecule has 0 spiro atoms. The first-order valence-corrected chi connectivity index (χ1v) is 20.7. The number of imidazole rings is 1. The van der Waals surface area contributed by atoms with E-state index >= 15 is 0 Å². The lowest BCUT2D eigenvalue weighted by Crippen LogP contribution is -2.53. The highest BCUT2D eigenvalue weighted by molar-refractivity contribution is 5.92. The van der Waals surface area contributed by atoms with Gasteiger partial charge < -0.3 is 40.1 Å². The molecule has 4 atom stereocenters. The summed E-state index contributed by atoms with van der Waals surface area (Å²) in [6.45, 7) is 3.50. The molecule has 0 bridgehead atoms. The molecule has 0 unspecified atom stereocenters. The van der Waals surface area contributed by atoms with Gasteiger partial charge in [0, 0.05) is 45.1 Å². The summed E-state index contributed by atoms with van der Waals surface area (Å²) in [5.41, 5.74) is 1.43. The number of fused-ring (bicyclic) bond motifs is 1. The van der Waals surface area contributed by atoms with Crippen LogP contribution in [0.5, 0.6) is 0 Å². The SMILES string of the molecule is CCOC(=O)c1ccc([C@@H](O)[C@@H](CC2CCCCC2)NC(=O)[C@H](Cc2c[nH]cn2)NC(=O)[C@@H](CC(=O)NCCCN2CCCC2=O)Cc2cccc3ccccc23)o1. The fourth-order valence-electron chi connectivity index (χ4n) is 8.19. The molecule has 0 radical (unpaired) electrons. The summed E-state index contributed by atoms with van der Waals surface area (Å²) in [5.74, 6) is -2.37. The van der Waals surface area contributed by atoms with E-state index in [1.54, 1.807) is 13.1 Å². The second kappa shape index (κ2) is 20.8. The van der Waals surface area contributed by atoms with Crippen LogP contribution in [0.2, 0.25) is 0 Å². The predicted octanol–water partition coefficient (Wildman–Crippen LogP) is 4.93. The van der Waals surface area contributed by atoms with Crippen LogP contribution < -0.4 is 16.0 Å². The number of esters is 1. The lowest BCUT2D eigenvalue weighted by molar-refractivity contribution is -0.134. The molecule has 4 amide bonds. The van der Waals surface area contributed by atoms with Crippen molar-refractivity contribution in [2.45, 2.75) is 102 Å². The van der Waals surface area contributed by atoms with E-state index in [4.69, 9.17) is 9.15 Å². The van der Waals surface area contributed by atoms with Crippen molar-refractivity contribution in [2.24, 2.45) is 11.8 Å². The maximum Gasteiger partial charge on any atom is 0.374 e. The zero-order chi connectivity index (χ0) is 40.9. The van der Waals surface area contributed by atoms with E-state index in [2.05, 4.69) is 25.9 Å². The van der Waals surface area contributed by atoms with Crippen molar-refractivity contribution in [2.75, 3.05) is 26.2 Å². The number of aliphatic hydroxyl groups excluding tert-OH is 1. The van der Waals surface area contributed by atoms with Gasteiger partial charge in [-0.3, -0.25) is 19.2 Å². The van der Waals surface area contributed by atoms with Crippen LogP contribution in [0.3, 0.4) is 0 Å². The summed E-state index contributed by atoms with van der Waals surface area (Å²) in [6, 6.07) is 14.8. The molecule has 310 valence electrons. The van der Waals surface area contributed by atoms with Crippen molar-refractivity contribution in [3.63, 3.8) is 0 Å². The fourth-order valence-corrected chi connectivity index (χ4v) is 8.19. The Hall–Kier alpha value is -5.50. The monoisotopic (exact) mass is 796 g/mol. The summed E-state index contributed by atoms with van der Waals surface area (Å²) in [7, 11) is 0. The van der Waals surface area contributed by atoms with Crippen LogP contribution in [0.1, 0.15) is 105 Å². The van der Waals surface area contributed by atoms with Crippen LogP contribution in [-0.2, 0) is 36.8 Å². The van der Waals surface area contributed by atoms with Crippen LogP contribution in [0.4, 0.5) is 0 Å². The highest BCUT2D eigenvalue weighted by Gasteiger charge is 2.34. The number of benzene rings is 2. The maximum atomic E-state index is 14.4. The fraction of sp³-hybridized carbons (Fsp3) is 0.500. The van der Waals surface area contributed by atoms with Gasteiger partial charge in [0.25, 0.3) is 0 Å². The normalized spacial score (nSPS) is 16.7. The first kappa shape index (κ1) is 42.1. The van der Waals surface area contributed by atoms with Gasteiger partial charge >= 0.3 is 5.97 Å². The molecule has 14 heteroatoms. The topological polar surface area (TPSA) is 196 Å². The summed E-state index contributed by atoms with van der Waals surface area (Å²) in [4.78, 5) is 75.7. The number of carbonyl (C=O) groups is 5. The Morgan fingerprint density at radius 1 is 0.983 bits per heavy atom. The molecule has 1 saturated heterocycles. The van der Waals surface area contributed by atoms with E-state index in [9.17, 15) is 29.1 Å². The number of aromatic amines is 1. The maximum absolute atomic E-state index is 14.4. The molecule has 58 heavy (non-hydrogen) atoms. The minimum atomic E-state index is -1.29. The number of aromatic nitrogens is 2. The first-order valence-electron chi connectivity index (χ1n) is 20.7. The lowest BCUT2D eigenvalue weighted by atomic mass is 9.83. The Bertz CT molecular complexity index is 1980. The summed E-state index contributed by atoms with van der Waals surface area (Å²) in [6.07, 6.45) is 9.61. The van der Waals surface area contributed by atoms with Crippen molar-refractivity contribution in [3.05, 3.63) is 89.9 Å². The van der Waals surface area contributed by atoms with Gasteiger partial charge in [-0.15, -0.1) is 0 Å². The zero-order valence-electron chi connectivity index (χ0n) is 33.3. The van der Waals surface area contributed by atoms with E-state index in [0.717, 1.165) is 61.4 Å². The second-order valence-corrected chi connectivity index (χ2v) is 15.5. The van der Waals surface area contributed by atoms with Crippen LogP contribution >= 0.6 is 0 Å². The Kier molecular flexibility index (Phi) is 15.1. The van der Waals surface area contributed by atoms with Crippen LogP contribution in [0.25, 0.3) is 10.8 Å². The van der Waals surface area contributed by atoms with Crippen molar-refractivity contribution in [3.8, 4) is 0 Å². The molecular weight excluding hydrogens is 741 g/mol. The number of carbonyl (C=O) groups excluding carboxylic acids is 5. The number of ether oxygens (including phenoxy) is 1. The van der Waals surface area contributed by atoms with E-state index in [0.29, 0.717) is 38.0 Å². The van der Waals surface area contributed by atoms with Crippen molar-refractivity contribution in [1.29, 1.82) is 0 Å². The standard InChI is InChI=1S/C44H56N6O8/c1-2-57-44(56)38-19-18-37(58-38)41(53)35(23-29-11-4-3-5-12-29)48-43(55)36(26-33-27-45-28-47-33)49-42(54)32(24-31-15-8-14-30-13-6-7-16-34(30)31)25-39(51)46-20-10-22-50-21-9-17-40(50)52/h6-8,13-16,18-19,27-29,32,35-36,41,53H,2-5,9-12,17,20-26H2,1H3,(H,45,47)(H,46,51)(H,48,55)(H,49,54)/t32-,35-,36+,41+/m1/s1. The molecule has 2 fully saturated rings. The Morgan fingerprint density at radius 3 is 2.55 bits per heavy atom. The first-order chi connectivity index (χ1) is 28.2. The third-order valence-corrected chi connectivity index (χ3v) is 11.3. The Balaban J connectivity index is 1.21. The quantitative estimate of drug-likeness (QED) is 0.0609. The Labute approximate surface area is 338 Å². The average molecular weight is 797 g/mol. The molecule has 5 N–H and O–H groups in total. The number of amides is 4. The molecule has 1 saturated carbocycles. The van der Waals surface area contributed by atoms with Gasteiger partial charge in [-0.05, 0) is 67.0 Å². The second-order valence-electron chi connectivity index (χ2n) is 15.5. The number of hydrogen-bond acceptors (Lipinski definition) is 9. The number of H-pyrrole nitrogens is 1. The highest BCUT2D eigenvalue weighted by Crippen LogP contribution is 2.32. The summed E-state index contributed by atoms with van der Waals surface area (Å²) in [5, 5.41) is 22.6. The van der Waals surface area contributed by atoms with E-state index in [1.165, 1.54) is 18.5 Å². The number of rotatable bonds is 20. The van der Waals surface area contributed by atoms with Crippen molar-refractivity contribution < 1.29 is 38.2 Å². The number of aliphatic hydroxyl groups is 1. The number of hydrogen-bond donors (Lipinski definition) is 5. The summed E-state index contributed by atoms with van der Waals surface area (Å²) < 4.78 is 10.8. The molecule has 2 aromatic heterocycles. The van der Waals surface area contributed by atoms with Gasteiger partial charge in [0.05, 0.1) is 30.6 Å². The van der Waals surface area contributed by atoms with Gasteiger partial charge in [0.15, 0.2) is 0 Å². The minimum absolute atomic E-state index is 0.0451. The van der Waals surface area contributed by atoms with E-state index in [-0.39, 0.29) is 55.1 Å². The minimum Gasteiger partial charge on any atom is -0.460 e. The van der Waals surface area contributed by atoms with Gasteiger partial charge in [-0.2, -0.15) is 0 Å². The predicted molar refractivity (Wildman–Crippen MR) is 216 cm³/mol. The highest BCUT2D eigenvalue weighted by atomic mass is 16.5. The van der Waals surface area contributed by atoms with Gasteiger partial charge in [-0.1, -0.05) is 74.6 Å². The molecule has 1 aliphatic carbocycles. The van der Waals surface area contributed by atoms with E-state index < -0.39 is 41.9 Å². The number of furan rings is 1. The molecule has 1 aliphatic heterocycles. The van der Waals surface area contributed by atoms with Crippen molar-refractivity contribution in [1.82, 2.24) is 30.8 Å². The van der Waals surface area contributed by atoms with Crippen LogP contribution in [0, 0.1) is 11.8 Å². The van der Waals surface area contributed by atoms with Gasteiger partial charge in [-0.25, -0.2) is 9.78 Å². The number of nitrogens with zero attached hydrogens (tertiary/aromatic N) is 2. The Morgan fingerprint density at radius 2 is 1.79 bits per heavy atom. The zero-order valence-corrected chi connectivity index (χ0v) is 33.3. The lowest BCUT2D eigenvalue weighted by Gasteiger charge is -2.31. The van der Waals surface area contributed by atoms with E-state index in [1.807, 2.05) is 47.4 Å². The van der Waals surface area contributed by atoms with Gasteiger partial charge in [0.1, 0.15) is 17.9 Å². The van der Waals surface area contributed by atoms with Crippen LogP contribution in [0.15, 0.2) is 71.5 Å². The largest absolute Gasteiger partial charge is 0.460 e. The number of likely N-dealkylation sites (tertiary alicyclic amines) is 1. The molecule has 2 aromatic carbocycles. The number of nitrogens with one attached hydrogen (secondary N) is 4. The molecular formula is C44H56N6O8. The molecule has 4 aromatic rings.